The Hall–Kier alpha value is -3.20. The van der Waals surface area contributed by atoms with Gasteiger partial charge in [0.15, 0.2) is 0 Å². The lowest BCUT2D eigenvalue weighted by molar-refractivity contribution is -0.128. The number of nitrogens with zero attached hydrogens (tertiary/aromatic N) is 1. The Morgan fingerprint density at radius 3 is 2.47 bits per heavy atom. The Labute approximate surface area is 174 Å². The zero-order valence-corrected chi connectivity index (χ0v) is 17.3. The minimum Gasteiger partial charge on any atom is -0.497 e. The molecule has 0 saturated carbocycles. The van der Waals surface area contributed by atoms with Crippen LogP contribution in [0.1, 0.15) is 24.5 Å². The van der Waals surface area contributed by atoms with Crippen LogP contribution >= 0.6 is 0 Å². The van der Waals surface area contributed by atoms with Crippen molar-refractivity contribution in [3.8, 4) is 5.75 Å². The number of nitrogens with one attached hydrogen (secondary N) is 1. The molecule has 30 heavy (non-hydrogen) atoms. The van der Waals surface area contributed by atoms with E-state index in [2.05, 4.69) is 5.32 Å². The molecule has 1 N–H and O–H groups in total. The molecule has 0 atom stereocenters. The van der Waals surface area contributed by atoms with Crippen LogP contribution in [0.25, 0.3) is 4.91 Å². The van der Waals surface area contributed by atoms with Crippen molar-refractivity contribution in [3.63, 3.8) is 0 Å². The number of rotatable bonds is 7. The van der Waals surface area contributed by atoms with Gasteiger partial charge in [0.1, 0.15) is 23.0 Å². The fraction of sp³-hybridized carbons (Fsp3) is 0.238. The quantitative estimate of drug-likeness (QED) is 0.726. The van der Waals surface area contributed by atoms with Crippen LogP contribution in [-0.2, 0) is 26.2 Å². The third kappa shape index (κ3) is 4.20. The van der Waals surface area contributed by atoms with Gasteiger partial charge in [-0.05, 0) is 53.9 Å². The zero-order chi connectivity index (χ0) is 21.9. The molecular formula is C21H21FN2O5S. The molecule has 0 spiro atoms. The molecule has 0 aromatic heterocycles. The van der Waals surface area contributed by atoms with Crippen LogP contribution in [-0.4, -0.2) is 38.2 Å². The van der Waals surface area contributed by atoms with Crippen LogP contribution < -0.4 is 10.1 Å². The summed E-state index contributed by atoms with van der Waals surface area (Å²) in [5, 5.41) is 2.51. The van der Waals surface area contributed by atoms with E-state index in [4.69, 9.17) is 4.74 Å². The van der Waals surface area contributed by atoms with Gasteiger partial charge in [-0.2, -0.15) is 0 Å². The molecule has 9 heteroatoms. The van der Waals surface area contributed by atoms with E-state index >= 15 is 0 Å². The van der Waals surface area contributed by atoms with Gasteiger partial charge in [0.05, 0.1) is 7.11 Å². The molecule has 0 bridgehead atoms. The summed E-state index contributed by atoms with van der Waals surface area (Å²) in [6, 6.07) is 12.0. The zero-order valence-electron chi connectivity index (χ0n) is 16.5. The first kappa shape index (κ1) is 21.5. The number of amides is 2. The third-order valence-electron chi connectivity index (χ3n) is 4.68. The number of hydrogen-bond acceptors (Lipinski definition) is 5. The molecule has 0 unspecified atom stereocenters. The van der Waals surface area contributed by atoms with E-state index in [0.29, 0.717) is 21.2 Å². The maximum atomic E-state index is 13.2. The molecule has 0 saturated heterocycles. The van der Waals surface area contributed by atoms with Crippen molar-refractivity contribution < 1.29 is 27.1 Å². The topological polar surface area (TPSA) is 92.8 Å². The highest BCUT2D eigenvalue weighted by Gasteiger charge is 2.44. The number of ether oxygens (including phenoxy) is 1. The molecule has 0 radical (unpaired) electrons. The predicted octanol–water partition coefficient (Wildman–Crippen LogP) is 2.44. The van der Waals surface area contributed by atoms with Crippen LogP contribution in [0.3, 0.4) is 0 Å². The van der Waals surface area contributed by atoms with Crippen LogP contribution in [0.5, 0.6) is 5.75 Å². The predicted molar refractivity (Wildman–Crippen MR) is 109 cm³/mol. The van der Waals surface area contributed by atoms with E-state index in [1.54, 1.807) is 37.3 Å². The molecule has 1 aliphatic rings. The maximum Gasteiger partial charge on any atom is 0.268 e. The van der Waals surface area contributed by atoms with Crippen molar-refractivity contribution in [1.29, 1.82) is 0 Å². The molecule has 2 aromatic carbocycles. The van der Waals surface area contributed by atoms with Crippen molar-refractivity contribution in [3.05, 3.63) is 71.0 Å². The van der Waals surface area contributed by atoms with E-state index in [-0.39, 0.29) is 23.4 Å². The van der Waals surface area contributed by atoms with E-state index < -0.39 is 34.2 Å². The summed E-state index contributed by atoms with van der Waals surface area (Å²) in [6.45, 7) is 1.04. The van der Waals surface area contributed by atoms with Gasteiger partial charge in [-0.25, -0.2) is 17.1 Å². The van der Waals surface area contributed by atoms with Crippen LogP contribution in [0.15, 0.2) is 54.1 Å². The number of benzene rings is 2. The standard InChI is InChI=1S/C21H21FN2O5S/c1-3-18-20(15-7-9-17(29-2)10-8-15)30(27,28)24(21(18)26)13-19(25)23-12-14-5-4-6-16(22)11-14/h4-11H,3,12-13H2,1-2H3,(H,23,25). The van der Waals surface area contributed by atoms with Gasteiger partial charge in [0, 0.05) is 12.1 Å². The summed E-state index contributed by atoms with van der Waals surface area (Å²) >= 11 is 0. The SMILES string of the molecule is CCC1=C(c2ccc(OC)cc2)S(=O)(=O)N(CC(=O)NCc2cccc(F)c2)C1=O. The Morgan fingerprint density at radius 2 is 1.87 bits per heavy atom. The molecule has 1 aliphatic heterocycles. The average molecular weight is 432 g/mol. The van der Waals surface area contributed by atoms with Gasteiger partial charge < -0.3 is 10.1 Å². The molecule has 2 aromatic rings. The van der Waals surface area contributed by atoms with Gasteiger partial charge in [0.2, 0.25) is 5.91 Å². The van der Waals surface area contributed by atoms with E-state index in [9.17, 15) is 22.4 Å². The smallest absolute Gasteiger partial charge is 0.268 e. The molecule has 158 valence electrons. The third-order valence-corrected chi connectivity index (χ3v) is 6.55. The Kier molecular flexibility index (Phi) is 6.21. The maximum absolute atomic E-state index is 13.2. The van der Waals surface area contributed by atoms with Crippen LogP contribution in [0, 0.1) is 5.82 Å². The summed E-state index contributed by atoms with van der Waals surface area (Å²) in [5.41, 5.74) is 0.993. The first-order valence-electron chi connectivity index (χ1n) is 9.23. The van der Waals surface area contributed by atoms with E-state index in [1.807, 2.05) is 0 Å². The Morgan fingerprint density at radius 1 is 1.17 bits per heavy atom. The van der Waals surface area contributed by atoms with Crippen molar-refractivity contribution in [2.24, 2.45) is 0 Å². The monoisotopic (exact) mass is 432 g/mol. The van der Waals surface area contributed by atoms with Crippen molar-refractivity contribution in [2.75, 3.05) is 13.7 Å². The second-order valence-corrected chi connectivity index (χ2v) is 8.41. The van der Waals surface area contributed by atoms with Crippen molar-refractivity contribution >= 4 is 26.7 Å². The van der Waals surface area contributed by atoms with Crippen molar-refractivity contribution in [2.45, 2.75) is 19.9 Å². The highest BCUT2D eigenvalue weighted by Crippen LogP contribution is 2.37. The summed E-state index contributed by atoms with van der Waals surface area (Å²) in [6.07, 6.45) is 0.195. The second-order valence-electron chi connectivity index (χ2n) is 6.61. The Balaban J connectivity index is 1.79. The summed E-state index contributed by atoms with van der Waals surface area (Å²) < 4.78 is 45.0. The highest BCUT2D eigenvalue weighted by atomic mass is 32.2. The van der Waals surface area contributed by atoms with Gasteiger partial charge in [-0.1, -0.05) is 19.1 Å². The molecule has 7 nitrogen and oxygen atoms in total. The van der Waals surface area contributed by atoms with E-state index in [1.165, 1.54) is 25.3 Å². The normalized spacial score (nSPS) is 15.4. The lowest BCUT2D eigenvalue weighted by Crippen LogP contribution is -2.41. The van der Waals surface area contributed by atoms with Crippen molar-refractivity contribution in [1.82, 2.24) is 9.62 Å². The minimum absolute atomic E-state index is 0.0120. The lowest BCUT2D eigenvalue weighted by Gasteiger charge is -2.16. The van der Waals surface area contributed by atoms with Crippen LogP contribution in [0.2, 0.25) is 0 Å². The first-order valence-corrected chi connectivity index (χ1v) is 10.7. The van der Waals surface area contributed by atoms with E-state index in [0.717, 1.165) is 0 Å². The summed E-state index contributed by atoms with van der Waals surface area (Å²) in [5.74, 6) is -1.28. The largest absolute Gasteiger partial charge is 0.497 e. The fourth-order valence-corrected chi connectivity index (χ4v) is 5.00. The first-order chi connectivity index (χ1) is 14.3. The molecule has 2 amide bonds. The molecule has 0 aliphatic carbocycles. The average Bonchev–Trinajstić information content (AvgIpc) is 2.92. The van der Waals surface area contributed by atoms with Gasteiger partial charge in [-0.15, -0.1) is 0 Å². The number of hydrogen-bond donors (Lipinski definition) is 1. The van der Waals surface area contributed by atoms with Crippen LogP contribution in [0.4, 0.5) is 4.39 Å². The molecular weight excluding hydrogens is 411 g/mol. The number of sulfonamides is 1. The highest BCUT2D eigenvalue weighted by molar-refractivity contribution is 7.99. The number of methoxy groups -OCH3 is 1. The van der Waals surface area contributed by atoms with Gasteiger partial charge in [0.25, 0.3) is 15.9 Å². The molecule has 1 heterocycles. The molecule has 0 fully saturated rings. The van der Waals surface area contributed by atoms with Gasteiger partial charge >= 0.3 is 0 Å². The second kappa shape index (κ2) is 8.66. The summed E-state index contributed by atoms with van der Waals surface area (Å²) in [4.78, 5) is 25.0. The number of halogens is 1. The number of carbonyl (C=O) groups is 2. The summed E-state index contributed by atoms with van der Waals surface area (Å²) in [7, 11) is -2.70. The number of carbonyl (C=O) groups excluding carboxylic acids is 2. The fourth-order valence-electron chi connectivity index (χ4n) is 3.19. The lowest BCUT2D eigenvalue weighted by atomic mass is 10.1. The minimum atomic E-state index is -4.19. The molecule has 3 rings (SSSR count). The van der Waals surface area contributed by atoms with Gasteiger partial charge in [-0.3, -0.25) is 9.59 Å². The Bertz CT molecular complexity index is 1110.